The largest absolute Gasteiger partial charge is 0.394 e. The number of carbonyl (C=O) groups excluding carboxylic acids is 1. The summed E-state index contributed by atoms with van der Waals surface area (Å²) in [6, 6.07) is 3.58. The number of aryl methyl sites for hydroxylation is 1. The topological polar surface area (TPSA) is 53.4 Å². The highest BCUT2D eigenvalue weighted by molar-refractivity contribution is 5.94. The van der Waals surface area contributed by atoms with Crippen molar-refractivity contribution in [3.05, 3.63) is 29.6 Å². The van der Waals surface area contributed by atoms with E-state index < -0.39 is 0 Å². The number of aliphatic hydroxyl groups is 1. The second kappa shape index (κ2) is 4.84. The number of nitrogens with zero attached hydrogens (tertiary/aromatic N) is 2. The first-order chi connectivity index (χ1) is 8.13. The maximum absolute atomic E-state index is 12.2. The van der Waals surface area contributed by atoms with E-state index in [1.807, 2.05) is 13.0 Å². The van der Waals surface area contributed by atoms with E-state index in [4.69, 9.17) is 0 Å². The summed E-state index contributed by atoms with van der Waals surface area (Å²) in [5, 5.41) is 9.34. The molecule has 1 aliphatic heterocycles. The van der Waals surface area contributed by atoms with Crippen LogP contribution in [0.15, 0.2) is 18.3 Å². The Labute approximate surface area is 101 Å². The molecule has 0 bridgehead atoms. The number of carbonyl (C=O) groups is 1. The van der Waals surface area contributed by atoms with E-state index in [1.54, 1.807) is 17.2 Å². The molecule has 1 amide bonds. The minimum Gasteiger partial charge on any atom is -0.394 e. The van der Waals surface area contributed by atoms with Crippen molar-refractivity contribution in [2.45, 2.75) is 26.3 Å². The first-order valence-corrected chi connectivity index (χ1v) is 5.98. The maximum Gasteiger partial charge on any atom is 0.255 e. The van der Waals surface area contributed by atoms with Crippen LogP contribution in [0.4, 0.5) is 0 Å². The molecule has 1 fully saturated rings. The van der Waals surface area contributed by atoms with Gasteiger partial charge in [-0.3, -0.25) is 9.78 Å². The van der Waals surface area contributed by atoms with Crippen LogP contribution < -0.4 is 0 Å². The summed E-state index contributed by atoms with van der Waals surface area (Å²) in [7, 11) is 0. The second-order valence-corrected chi connectivity index (χ2v) is 4.70. The van der Waals surface area contributed by atoms with Crippen LogP contribution in [0.2, 0.25) is 0 Å². The van der Waals surface area contributed by atoms with Crippen LogP contribution in [0.1, 0.15) is 29.4 Å². The van der Waals surface area contributed by atoms with E-state index >= 15 is 0 Å². The molecule has 0 radical (unpaired) electrons. The average molecular weight is 234 g/mol. The lowest BCUT2D eigenvalue weighted by Crippen LogP contribution is -2.39. The summed E-state index contributed by atoms with van der Waals surface area (Å²) in [6.07, 6.45) is 2.56. The van der Waals surface area contributed by atoms with Gasteiger partial charge in [0.05, 0.1) is 18.2 Å². The van der Waals surface area contributed by atoms with Crippen molar-refractivity contribution in [2.24, 2.45) is 5.92 Å². The Morgan fingerprint density at radius 1 is 1.59 bits per heavy atom. The van der Waals surface area contributed by atoms with Gasteiger partial charge in [0.15, 0.2) is 0 Å². The van der Waals surface area contributed by atoms with Gasteiger partial charge in [0, 0.05) is 18.4 Å². The molecule has 0 saturated carbocycles. The Bertz CT molecular complexity index is 402. The molecule has 2 heterocycles. The molecular weight excluding hydrogens is 216 g/mol. The monoisotopic (exact) mass is 234 g/mol. The second-order valence-electron chi connectivity index (χ2n) is 4.70. The fraction of sp³-hybridized carbons (Fsp3) is 0.538. The lowest BCUT2D eigenvalue weighted by molar-refractivity contribution is 0.0648. The fourth-order valence-corrected chi connectivity index (χ4v) is 2.30. The zero-order chi connectivity index (χ0) is 12.4. The summed E-state index contributed by atoms with van der Waals surface area (Å²) in [6.45, 7) is 4.72. The molecule has 1 aliphatic rings. The molecule has 0 aromatic carbocycles. The Morgan fingerprint density at radius 2 is 2.35 bits per heavy atom. The van der Waals surface area contributed by atoms with E-state index in [2.05, 4.69) is 11.9 Å². The highest BCUT2D eigenvalue weighted by Gasteiger charge is 2.34. The van der Waals surface area contributed by atoms with Gasteiger partial charge >= 0.3 is 0 Å². The molecule has 4 nitrogen and oxygen atoms in total. The smallest absolute Gasteiger partial charge is 0.255 e. The van der Waals surface area contributed by atoms with E-state index in [1.165, 1.54) is 0 Å². The van der Waals surface area contributed by atoms with Crippen LogP contribution in [0.5, 0.6) is 0 Å². The van der Waals surface area contributed by atoms with Crippen molar-refractivity contribution in [3.63, 3.8) is 0 Å². The van der Waals surface area contributed by atoms with E-state index in [9.17, 15) is 9.90 Å². The predicted molar refractivity (Wildman–Crippen MR) is 64.7 cm³/mol. The van der Waals surface area contributed by atoms with E-state index in [0.29, 0.717) is 11.5 Å². The van der Waals surface area contributed by atoms with Crippen molar-refractivity contribution in [2.75, 3.05) is 13.2 Å². The summed E-state index contributed by atoms with van der Waals surface area (Å²) >= 11 is 0. The molecule has 17 heavy (non-hydrogen) atoms. The van der Waals surface area contributed by atoms with Gasteiger partial charge in [-0.25, -0.2) is 0 Å². The van der Waals surface area contributed by atoms with Gasteiger partial charge in [0.2, 0.25) is 0 Å². The Morgan fingerprint density at radius 3 is 2.94 bits per heavy atom. The number of amides is 1. The van der Waals surface area contributed by atoms with Gasteiger partial charge in [-0.05, 0) is 31.4 Å². The van der Waals surface area contributed by atoms with Gasteiger partial charge in [-0.15, -0.1) is 0 Å². The minimum absolute atomic E-state index is 0.0269. The Hall–Kier alpha value is -1.42. The minimum atomic E-state index is -0.0520. The molecule has 2 atom stereocenters. The molecule has 0 spiro atoms. The van der Waals surface area contributed by atoms with E-state index in [0.717, 1.165) is 18.7 Å². The third kappa shape index (κ3) is 2.31. The summed E-state index contributed by atoms with van der Waals surface area (Å²) < 4.78 is 0. The number of aromatic nitrogens is 1. The molecule has 1 aromatic rings. The molecule has 2 rings (SSSR count). The standard InChI is InChI=1S/C13H18N2O2/c1-9-5-6-15(12(9)8-16)13(17)11-4-3-10(2)14-7-11/h3-4,7,9,12,16H,5-6,8H2,1-2H3. The molecule has 4 heteroatoms. The quantitative estimate of drug-likeness (QED) is 0.837. The summed E-state index contributed by atoms with van der Waals surface area (Å²) in [5.74, 6) is 0.336. The number of likely N-dealkylation sites (tertiary alicyclic amines) is 1. The third-order valence-corrected chi connectivity index (χ3v) is 3.49. The van der Waals surface area contributed by atoms with Crippen LogP contribution in [0.25, 0.3) is 0 Å². The number of rotatable bonds is 2. The van der Waals surface area contributed by atoms with Crippen LogP contribution in [-0.2, 0) is 0 Å². The molecular formula is C13H18N2O2. The number of pyridine rings is 1. The highest BCUT2D eigenvalue weighted by Crippen LogP contribution is 2.25. The van der Waals surface area contributed by atoms with Crippen LogP contribution in [0, 0.1) is 12.8 Å². The van der Waals surface area contributed by atoms with Gasteiger partial charge in [0.25, 0.3) is 5.91 Å². The lowest BCUT2D eigenvalue weighted by atomic mass is 10.0. The van der Waals surface area contributed by atoms with E-state index in [-0.39, 0.29) is 18.6 Å². The van der Waals surface area contributed by atoms with Crippen molar-refractivity contribution in [1.29, 1.82) is 0 Å². The van der Waals surface area contributed by atoms with Gasteiger partial charge < -0.3 is 10.0 Å². The molecule has 2 unspecified atom stereocenters. The number of hydrogen-bond donors (Lipinski definition) is 1. The number of aliphatic hydroxyl groups excluding tert-OH is 1. The zero-order valence-corrected chi connectivity index (χ0v) is 10.3. The van der Waals surface area contributed by atoms with Crippen LogP contribution in [0.3, 0.4) is 0 Å². The molecule has 1 saturated heterocycles. The van der Waals surface area contributed by atoms with Crippen molar-refractivity contribution in [3.8, 4) is 0 Å². The van der Waals surface area contributed by atoms with Crippen molar-refractivity contribution in [1.82, 2.24) is 9.88 Å². The third-order valence-electron chi connectivity index (χ3n) is 3.49. The normalized spacial score (nSPS) is 24.1. The molecule has 0 aliphatic carbocycles. The van der Waals surface area contributed by atoms with Gasteiger partial charge in [-0.1, -0.05) is 6.92 Å². The molecule has 1 aromatic heterocycles. The van der Waals surface area contributed by atoms with Crippen LogP contribution >= 0.6 is 0 Å². The number of hydrogen-bond acceptors (Lipinski definition) is 3. The predicted octanol–water partition coefficient (Wildman–Crippen LogP) is 1.23. The van der Waals surface area contributed by atoms with Crippen LogP contribution in [-0.4, -0.2) is 40.1 Å². The maximum atomic E-state index is 12.2. The van der Waals surface area contributed by atoms with Gasteiger partial charge in [0.1, 0.15) is 0 Å². The Kier molecular flexibility index (Phi) is 3.43. The fourth-order valence-electron chi connectivity index (χ4n) is 2.30. The first-order valence-electron chi connectivity index (χ1n) is 5.98. The van der Waals surface area contributed by atoms with Gasteiger partial charge in [-0.2, -0.15) is 0 Å². The SMILES string of the molecule is Cc1ccc(C(=O)N2CCC(C)C2CO)cn1. The average Bonchev–Trinajstić information content (AvgIpc) is 2.70. The van der Waals surface area contributed by atoms with Crippen molar-refractivity contribution >= 4 is 5.91 Å². The van der Waals surface area contributed by atoms with Crippen molar-refractivity contribution < 1.29 is 9.90 Å². The first kappa shape index (κ1) is 12.0. The molecule has 1 N–H and O–H groups in total. The highest BCUT2D eigenvalue weighted by atomic mass is 16.3. The lowest BCUT2D eigenvalue weighted by Gasteiger charge is -2.25. The Balaban J connectivity index is 2.17. The summed E-state index contributed by atoms with van der Waals surface area (Å²) in [5.41, 5.74) is 1.50. The zero-order valence-electron chi connectivity index (χ0n) is 10.3. The summed E-state index contributed by atoms with van der Waals surface area (Å²) in [4.78, 5) is 18.1. The molecule has 92 valence electrons.